The van der Waals surface area contributed by atoms with Crippen LogP contribution in [0.5, 0.6) is 17.2 Å². The Labute approximate surface area is 180 Å². The summed E-state index contributed by atoms with van der Waals surface area (Å²) in [5.41, 5.74) is 4.22. The maximum Gasteiger partial charge on any atom is 0.277 e. The highest BCUT2D eigenvalue weighted by molar-refractivity contribution is 6.30. The van der Waals surface area contributed by atoms with Crippen LogP contribution in [0.3, 0.4) is 0 Å². The Bertz CT molecular complexity index is 992. The van der Waals surface area contributed by atoms with Gasteiger partial charge in [0, 0.05) is 5.02 Å². The van der Waals surface area contributed by atoms with Gasteiger partial charge in [-0.25, -0.2) is 5.43 Å². The van der Waals surface area contributed by atoms with Crippen LogP contribution >= 0.6 is 11.6 Å². The summed E-state index contributed by atoms with van der Waals surface area (Å²) in [5.74, 6) is 1.37. The van der Waals surface area contributed by atoms with Crippen molar-refractivity contribution in [3.05, 3.63) is 88.9 Å². The summed E-state index contributed by atoms with van der Waals surface area (Å²) < 4.78 is 16.6. The van der Waals surface area contributed by atoms with E-state index >= 15 is 0 Å². The van der Waals surface area contributed by atoms with Gasteiger partial charge in [-0.15, -0.1) is 0 Å². The van der Waals surface area contributed by atoms with Gasteiger partial charge in [0.25, 0.3) is 5.91 Å². The van der Waals surface area contributed by atoms with Crippen LogP contribution in [0.2, 0.25) is 5.02 Å². The number of nitrogens with zero attached hydrogens (tertiary/aromatic N) is 1. The number of hydrazone groups is 1. The van der Waals surface area contributed by atoms with Gasteiger partial charge in [0.1, 0.15) is 12.4 Å². The zero-order valence-electron chi connectivity index (χ0n) is 16.4. The standard InChI is InChI=1S/C23H21ClN2O4/c1-28-21-12-7-18(13-22(21)30-15-17-5-3-2-4-6-17)14-25-26-23(27)16-29-20-10-8-19(24)9-11-20/h2-14H,15-16H2,1H3,(H,26,27)/b25-14-. The molecule has 0 fully saturated rings. The van der Waals surface area contributed by atoms with Gasteiger partial charge < -0.3 is 14.2 Å². The molecule has 0 saturated carbocycles. The van der Waals surface area contributed by atoms with E-state index in [1.54, 1.807) is 43.5 Å². The zero-order valence-corrected chi connectivity index (χ0v) is 17.1. The Morgan fingerprint density at radius 2 is 1.77 bits per heavy atom. The number of rotatable bonds is 9. The molecule has 7 heteroatoms. The van der Waals surface area contributed by atoms with Crippen molar-refractivity contribution in [3.8, 4) is 17.2 Å². The fourth-order valence-electron chi connectivity index (χ4n) is 2.51. The van der Waals surface area contributed by atoms with Gasteiger partial charge in [0.05, 0.1) is 13.3 Å². The second-order valence-corrected chi connectivity index (χ2v) is 6.66. The summed E-state index contributed by atoms with van der Waals surface area (Å²) in [6.07, 6.45) is 1.52. The molecule has 0 aliphatic heterocycles. The Kier molecular flexibility index (Phi) is 7.69. The largest absolute Gasteiger partial charge is 0.493 e. The average Bonchev–Trinajstić information content (AvgIpc) is 2.78. The zero-order chi connectivity index (χ0) is 21.2. The SMILES string of the molecule is COc1ccc(/C=N\NC(=O)COc2ccc(Cl)cc2)cc1OCc1ccccc1. The van der Waals surface area contributed by atoms with Crippen molar-refractivity contribution in [2.24, 2.45) is 5.10 Å². The van der Waals surface area contributed by atoms with Gasteiger partial charge >= 0.3 is 0 Å². The Balaban J connectivity index is 1.54. The minimum absolute atomic E-state index is 0.160. The van der Waals surface area contributed by atoms with E-state index in [2.05, 4.69) is 10.5 Å². The van der Waals surface area contributed by atoms with E-state index in [1.165, 1.54) is 6.21 Å². The molecule has 0 spiro atoms. The number of nitrogens with one attached hydrogen (secondary N) is 1. The van der Waals surface area contributed by atoms with Crippen LogP contribution < -0.4 is 19.6 Å². The minimum atomic E-state index is -0.379. The van der Waals surface area contributed by atoms with Gasteiger partial charge in [-0.3, -0.25) is 4.79 Å². The maximum absolute atomic E-state index is 11.9. The van der Waals surface area contributed by atoms with Crippen LogP contribution in [-0.4, -0.2) is 25.8 Å². The number of methoxy groups -OCH3 is 1. The molecule has 6 nitrogen and oxygen atoms in total. The lowest BCUT2D eigenvalue weighted by Crippen LogP contribution is -2.24. The molecular formula is C23H21ClN2O4. The van der Waals surface area contributed by atoms with Crippen LogP contribution in [-0.2, 0) is 11.4 Å². The molecule has 0 heterocycles. The first-order valence-corrected chi connectivity index (χ1v) is 9.57. The lowest BCUT2D eigenvalue weighted by Gasteiger charge is -2.11. The number of amides is 1. The molecule has 0 unspecified atom stereocenters. The summed E-state index contributed by atoms with van der Waals surface area (Å²) in [7, 11) is 1.58. The molecular weight excluding hydrogens is 404 g/mol. The highest BCUT2D eigenvalue weighted by Crippen LogP contribution is 2.28. The fourth-order valence-corrected chi connectivity index (χ4v) is 2.64. The summed E-state index contributed by atoms with van der Waals surface area (Å²) in [6, 6.07) is 22.0. The molecule has 0 atom stereocenters. The molecule has 154 valence electrons. The molecule has 1 amide bonds. The van der Waals surface area contributed by atoms with Gasteiger partial charge in [-0.2, -0.15) is 5.10 Å². The fraction of sp³-hybridized carbons (Fsp3) is 0.130. The number of hydrogen-bond donors (Lipinski definition) is 1. The lowest BCUT2D eigenvalue weighted by atomic mass is 10.2. The first-order valence-electron chi connectivity index (χ1n) is 9.19. The summed E-state index contributed by atoms with van der Waals surface area (Å²) in [4.78, 5) is 11.9. The Hall–Kier alpha value is -3.51. The van der Waals surface area contributed by atoms with Crippen LogP contribution in [0.15, 0.2) is 77.9 Å². The van der Waals surface area contributed by atoms with Crippen LogP contribution in [0.25, 0.3) is 0 Å². The van der Waals surface area contributed by atoms with E-state index in [-0.39, 0.29) is 12.5 Å². The topological polar surface area (TPSA) is 69.2 Å². The van der Waals surface area contributed by atoms with Gasteiger partial charge in [0.2, 0.25) is 0 Å². The van der Waals surface area contributed by atoms with E-state index < -0.39 is 0 Å². The monoisotopic (exact) mass is 424 g/mol. The van der Waals surface area contributed by atoms with Crippen molar-refractivity contribution in [2.75, 3.05) is 13.7 Å². The molecule has 30 heavy (non-hydrogen) atoms. The van der Waals surface area contributed by atoms with Gasteiger partial charge in [0.15, 0.2) is 18.1 Å². The number of carbonyl (C=O) groups excluding carboxylic acids is 1. The molecule has 0 aromatic heterocycles. The Morgan fingerprint density at radius 3 is 2.50 bits per heavy atom. The van der Waals surface area contributed by atoms with E-state index in [9.17, 15) is 4.79 Å². The first kappa shape index (κ1) is 21.2. The van der Waals surface area contributed by atoms with Crippen molar-refractivity contribution in [2.45, 2.75) is 6.61 Å². The second kappa shape index (κ2) is 10.9. The summed E-state index contributed by atoms with van der Waals surface area (Å²) >= 11 is 5.81. The van der Waals surface area contributed by atoms with Crippen LogP contribution in [0.4, 0.5) is 0 Å². The number of carbonyl (C=O) groups is 1. The van der Waals surface area contributed by atoms with Crippen LogP contribution in [0, 0.1) is 0 Å². The molecule has 1 N–H and O–H groups in total. The van der Waals surface area contributed by atoms with E-state index in [0.29, 0.717) is 28.9 Å². The van der Waals surface area contributed by atoms with Crippen molar-refractivity contribution >= 4 is 23.7 Å². The predicted molar refractivity (Wildman–Crippen MR) is 116 cm³/mol. The van der Waals surface area contributed by atoms with E-state index in [1.807, 2.05) is 36.4 Å². The van der Waals surface area contributed by atoms with E-state index in [0.717, 1.165) is 11.1 Å². The quantitative estimate of drug-likeness (QED) is 0.407. The summed E-state index contributed by atoms with van der Waals surface area (Å²) in [6.45, 7) is 0.254. The van der Waals surface area contributed by atoms with Gasteiger partial charge in [-0.1, -0.05) is 41.9 Å². The third-order valence-electron chi connectivity index (χ3n) is 4.01. The first-order chi connectivity index (χ1) is 14.6. The van der Waals surface area contributed by atoms with Crippen molar-refractivity contribution < 1.29 is 19.0 Å². The Morgan fingerprint density at radius 1 is 1.00 bits per heavy atom. The molecule has 0 aliphatic rings. The predicted octanol–water partition coefficient (Wildman–Crippen LogP) is 4.46. The molecule has 0 aliphatic carbocycles. The molecule has 3 rings (SSSR count). The lowest BCUT2D eigenvalue weighted by molar-refractivity contribution is -0.123. The highest BCUT2D eigenvalue weighted by atomic mass is 35.5. The third kappa shape index (κ3) is 6.53. The minimum Gasteiger partial charge on any atom is -0.493 e. The average molecular weight is 425 g/mol. The van der Waals surface area contributed by atoms with E-state index in [4.69, 9.17) is 25.8 Å². The van der Waals surface area contributed by atoms with Gasteiger partial charge in [-0.05, 0) is 53.6 Å². The van der Waals surface area contributed by atoms with Crippen molar-refractivity contribution in [1.82, 2.24) is 5.43 Å². The molecule has 3 aromatic rings. The molecule has 3 aromatic carbocycles. The molecule has 0 radical (unpaired) electrons. The number of benzene rings is 3. The smallest absolute Gasteiger partial charge is 0.277 e. The third-order valence-corrected chi connectivity index (χ3v) is 4.26. The maximum atomic E-state index is 11.9. The van der Waals surface area contributed by atoms with Crippen molar-refractivity contribution in [1.29, 1.82) is 0 Å². The molecule has 0 bridgehead atoms. The van der Waals surface area contributed by atoms with Crippen LogP contribution in [0.1, 0.15) is 11.1 Å². The number of halogens is 1. The van der Waals surface area contributed by atoms with Crippen molar-refractivity contribution in [3.63, 3.8) is 0 Å². The highest BCUT2D eigenvalue weighted by Gasteiger charge is 2.06. The second-order valence-electron chi connectivity index (χ2n) is 6.22. The normalized spacial score (nSPS) is 10.6. The molecule has 0 saturated heterocycles. The summed E-state index contributed by atoms with van der Waals surface area (Å²) in [5, 5.41) is 4.56. The number of ether oxygens (including phenoxy) is 3. The number of hydrogen-bond acceptors (Lipinski definition) is 5.